The van der Waals surface area contributed by atoms with Gasteiger partial charge in [0.15, 0.2) is 5.17 Å². The summed E-state index contributed by atoms with van der Waals surface area (Å²) in [6.45, 7) is 1.88. The van der Waals surface area contributed by atoms with Crippen LogP contribution in [0.1, 0.15) is 11.3 Å². The van der Waals surface area contributed by atoms with E-state index in [0.29, 0.717) is 32.8 Å². The van der Waals surface area contributed by atoms with Gasteiger partial charge in [0.05, 0.1) is 14.9 Å². The van der Waals surface area contributed by atoms with Gasteiger partial charge >= 0.3 is 0 Å². The molecule has 1 aliphatic heterocycles. The molecule has 4 rings (SSSR count). The SMILES string of the molecule is Cc1ccc(O)c(N=C2NC(=O)C(=Cc3ccc(-c4ccc([N+](=O)[O-])cc4Cl)o3)S2)c1. The fourth-order valence-electron chi connectivity index (χ4n) is 2.83. The van der Waals surface area contributed by atoms with Crippen LogP contribution in [0.5, 0.6) is 5.75 Å². The number of halogens is 1. The lowest BCUT2D eigenvalue weighted by Crippen LogP contribution is -2.19. The van der Waals surface area contributed by atoms with Crippen molar-refractivity contribution in [3.05, 3.63) is 79.9 Å². The summed E-state index contributed by atoms with van der Waals surface area (Å²) in [5.74, 6) is 0.485. The Kier molecular flexibility index (Phi) is 5.53. The van der Waals surface area contributed by atoms with Crippen LogP contribution in [0.25, 0.3) is 17.4 Å². The third kappa shape index (κ3) is 4.47. The van der Waals surface area contributed by atoms with Gasteiger partial charge in [0.1, 0.15) is 23.0 Å². The van der Waals surface area contributed by atoms with Gasteiger partial charge in [0, 0.05) is 23.8 Å². The Balaban J connectivity index is 1.57. The number of non-ortho nitro benzene ring substituents is 1. The standard InChI is InChI=1S/C21H14ClN3O5S/c1-11-2-6-17(26)16(8-11)23-21-24-20(27)19(31-21)10-13-4-7-18(30-13)14-5-3-12(25(28)29)9-15(14)22/h2-10,26H,1H3,(H,23,24,27). The van der Waals surface area contributed by atoms with Crippen LogP contribution >= 0.6 is 23.4 Å². The highest BCUT2D eigenvalue weighted by molar-refractivity contribution is 8.18. The number of aryl methyl sites for hydroxylation is 1. The molecule has 0 bridgehead atoms. The molecule has 8 nitrogen and oxygen atoms in total. The Morgan fingerprint density at radius 1 is 1.23 bits per heavy atom. The van der Waals surface area contributed by atoms with Crippen LogP contribution in [0.3, 0.4) is 0 Å². The maximum Gasteiger partial charge on any atom is 0.270 e. The Labute approximate surface area is 185 Å². The number of thioether (sulfide) groups is 1. The van der Waals surface area contributed by atoms with E-state index in [4.69, 9.17) is 16.0 Å². The van der Waals surface area contributed by atoms with Gasteiger partial charge < -0.3 is 14.8 Å². The molecule has 1 saturated heterocycles. The second kappa shape index (κ2) is 8.29. The molecule has 0 spiro atoms. The molecule has 0 atom stereocenters. The van der Waals surface area contributed by atoms with E-state index in [-0.39, 0.29) is 22.4 Å². The molecule has 0 unspecified atom stereocenters. The number of amidine groups is 1. The van der Waals surface area contributed by atoms with Gasteiger partial charge in [-0.15, -0.1) is 0 Å². The summed E-state index contributed by atoms with van der Waals surface area (Å²) in [7, 11) is 0. The monoisotopic (exact) mass is 455 g/mol. The molecule has 1 amide bonds. The van der Waals surface area contributed by atoms with Gasteiger partial charge in [0.25, 0.3) is 11.6 Å². The first-order valence-corrected chi connectivity index (χ1v) is 10.1. The van der Waals surface area contributed by atoms with Gasteiger partial charge in [-0.1, -0.05) is 17.7 Å². The minimum absolute atomic E-state index is 0.0148. The third-order valence-electron chi connectivity index (χ3n) is 4.33. The number of nitrogens with one attached hydrogen (secondary N) is 1. The molecule has 0 aliphatic carbocycles. The normalized spacial score (nSPS) is 16.1. The molecular formula is C21H14ClN3O5S. The average Bonchev–Trinajstić information content (AvgIpc) is 3.31. The van der Waals surface area contributed by atoms with E-state index in [0.717, 1.165) is 17.3 Å². The zero-order valence-corrected chi connectivity index (χ0v) is 17.5. The van der Waals surface area contributed by atoms with Crippen molar-refractivity contribution < 1.29 is 19.2 Å². The lowest BCUT2D eigenvalue weighted by molar-refractivity contribution is -0.384. The predicted octanol–water partition coefficient (Wildman–Crippen LogP) is 5.41. The Bertz CT molecular complexity index is 1280. The van der Waals surface area contributed by atoms with Crippen molar-refractivity contribution >= 4 is 51.9 Å². The molecule has 3 aromatic rings. The quantitative estimate of drug-likeness (QED) is 0.308. The van der Waals surface area contributed by atoms with Crippen LogP contribution in [0, 0.1) is 17.0 Å². The maximum atomic E-state index is 12.3. The molecule has 156 valence electrons. The van der Waals surface area contributed by atoms with Crippen molar-refractivity contribution in [2.45, 2.75) is 6.92 Å². The lowest BCUT2D eigenvalue weighted by atomic mass is 10.1. The second-order valence-corrected chi connectivity index (χ2v) is 8.04. The first-order chi connectivity index (χ1) is 14.8. The van der Waals surface area contributed by atoms with Crippen molar-refractivity contribution in [3.8, 4) is 17.1 Å². The first-order valence-electron chi connectivity index (χ1n) is 8.93. The van der Waals surface area contributed by atoms with Crippen molar-refractivity contribution in [1.29, 1.82) is 0 Å². The number of hydrogen-bond acceptors (Lipinski definition) is 7. The number of carbonyl (C=O) groups excluding carboxylic acids is 1. The Morgan fingerprint density at radius 2 is 2.03 bits per heavy atom. The van der Waals surface area contributed by atoms with Crippen LogP contribution in [0.2, 0.25) is 5.02 Å². The zero-order valence-electron chi connectivity index (χ0n) is 16.0. The summed E-state index contributed by atoms with van der Waals surface area (Å²) in [6, 6.07) is 12.4. The van der Waals surface area contributed by atoms with Crippen LogP contribution in [0.4, 0.5) is 11.4 Å². The fraction of sp³-hybridized carbons (Fsp3) is 0.0476. The van der Waals surface area contributed by atoms with E-state index >= 15 is 0 Å². The Morgan fingerprint density at radius 3 is 2.77 bits per heavy atom. The second-order valence-electron chi connectivity index (χ2n) is 6.60. The summed E-state index contributed by atoms with van der Waals surface area (Å²) in [4.78, 5) is 27.3. The molecule has 2 aromatic carbocycles. The molecule has 10 heteroatoms. The molecule has 2 heterocycles. The van der Waals surface area contributed by atoms with Crippen LogP contribution < -0.4 is 5.32 Å². The fourth-order valence-corrected chi connectivity index (χ4v) is 3.92. The molecule has 2 N–H and O–H groups in total. The zero-order chi connectivity index (χ0) is 22.1. The van der Waals surface area contributed by atoms with Gasteiger partial charge in [-0.2, -0.15) is 0 Å². The van der Waals surface area contributed by atoms with Gasteiger partial charge in [-0.05, 0) is 54.6 Å². The summed E-state index contributed by atoms with van der Waals surface area (Å²) in [5, 5.41) is 24.0. The third-order valence-corrected chi connectivity index (χ3v) is 5.56. The number of nitro benzene ring substituents is 1. The number of hydrogen-bond donors (Lipinski definition) is 2. The number of phenolic OH excluding ortho intramolecular Hbond substituents is 1. The molecule has 31 heavy (non-hydrogen) atoms. The van der Waals surface area contributed by atoms with E-state index in [1.165, 1.54) is 18.2 Å². The summed E-state index contributed by atoms with van der Waals surface area (Å²) >= 11 is 7.26. The summed E-state index contributed by atoms with van der Waals surface area (Å²) in [5.41, 5.74) is 1.66. The molecule has 0 radical (unpaired) electrons. The average molecular weight is 456 g/mol. The van der Waals surface area contributed by atoms with Crippen LogP contribution in [-0.2, 0) is 4.79 Å². The van der Waals surface area contributed by atoms with Crippen LogP contribution in [-0.4, -0.2) is 21.1 Å². The first kappa shape index (κ1) is 20.7. The highest BCUT2D eigenvalue weighted by atomic mass is 35.5. The lowest BCUT2D eigenvalue weighted by Gasteiger charge is -2.01. The number of amides is 1. The maximum absolute atomic E-state index is 12.3. The van der Waals surface area contributed by atoms with E-state index in [1.807, 2.05) is 6.92 Å². The molecule has 0 saturated carbocycles. The summed E-state index contributed by atoms with van der Waals surface area (Å²) < 4.78 is 5.75. The molecular weight excluding hydrogens is 442 g/mol. The minimum Gasteiger partial charge on any atom is -0.506 e. The van der Waals surface area contributed by atoms with Crippen molar-refractivity contribution in [3.63, 3.8) is 0 Å². The summed E-state index contributed by atoms with van der Waals surface area (Å²) in [6.07, 6.45) is 1.56. The highest BCUT2D eigenvalue weighted by Gasteiger charge is 2.25. The van der Waals surface area contributed by atoms with Gasteiger partial charge in [-0.25, -0.2) is 4.99 Å². The highest BCUT2D eigenvalue weighted by Crippen LogP contribution is 2.35. The largest absolute Gasteiger partial charge is 0.506 e. The van der Waals surface area contributed by atoms with Crippen molar-refractivity contribution in [2.24, 2.45) is 4.99 Å². The Hall–Kier alpha value is -3.56. The predicted molar refractivity (Wildman–Crippen MR) is 119 cm³/mol. The minimum atomic E-state index is -0.529. The number of aromatic hydroxyl groups is 1. The number of benzene rings is 2. The number of carbonyl (C=O) groups is 1. The topological polar surface area (TPSA) is 118 Å². The smallest absolute Gasteiger partial charge is 0.270 e. The van der Waals surface area contributed by atoms with E-state index in [9.17, 15) is 20.0 Å². The van der Waals surface area contributed by atoms with Gasteiger partial charge in [0.2, 0.25) is 0 Å². The molecule has 1 aliphatic rings. The molecule has 1 aromatic heterocycles. The van der Waals surface area contributed by atoms with Crippen LogP contribution in [0.15, 0.2) is 62.8 Å². The molecule has 1 fully saturated rings. The van der Waals surface area contributed by atoms with Crippen molar-refractivity contribution in [1.82, 2.24) is 5.32 Å². The number of furan rings is 1. The number of phenols is 1. The van der Waals surface area contributed by atoms with Crippen molar-refractivity contribution in [2.75, 3.05) is 0 Å². The van der Waals surface area contributed by atoms with E-state index in [2.05, 4.69) is 10.3 Å². The van der Waals surface area contributed by atoms with E-state index in [1.54, 1.807) is 36.4 Å². The van der Waals surface area contributed by atoms with Gasteiger partial charge in [-0.3, -0.25) is 14.9 Å². The number of rotatable bonds is 4. The number of nitrogens with zero attached hydrogens (tertiary/aromatic N) is 2. The number of nitro groups is 1. The number of aliphatic imine (C=N–C) groups is 1. The van der Waals surface area contributed by atoms with E-state index < -0.39 is 4.92 Å².